The molecule has 2 aromatic carbocycles. The first kappa shape index (κ1) is 45.9. The molecule has 1 spiro atoms. The minimum absolute atomic E-state index is 0.170. The number of aliphatic hydroxyl groups is 2. The highest BCUT2D eigenvalue weighted by atomic mass is 16.6. The monoisotopic (exact) mass is 908 g/mol. The molecule has 5 aliphatic heterocycles. The van der Waals surface area contributed by atoms with Crippen LogP contribution >= 0.6 is 0 Å². The Morgan fingerprint density at radius 1 is 0.939 bits per heavy atom. The zero-order chi connectivity index (χ0) is 47.1. The fourth-order valence-corrected chi connectivity index (χ4v) is 14.0. The van der Waals surface area contributed by atoms with Gasteiger partial charge in [0.2, 0.25) is 5.60 Å². The van der Waals surface area contributed by atoms with Gasteiger partial charge in [-0.25, -0.2) is 9.59 Å². The van der Waals surface area contributed by atoms with Gasteiger partial charge in [-0.05, 0) is 98.9 Å². The van der Waals surface area contributed by atoms with Crippen molar-refractivity contribution in [2.75, 3.05) is 72.6 Å². The molecule has 3 N–H and O–H groups in total. The first-order valence-electron chi connectivity index (χ1n) is 23.4. The number of fused-ring (bicyclic) bond motifs is 6. The number of anilines is 1. The second-order valence-electron chi connectivity index (χ2n) is 19.5. The van der Waals surface area contributed by atoms with Crippen molar-refractivity contribution < 1.29 is 53.1 Å². The van der Waals surface area contributed by atoms with E-state index in [4.69, 9.17) is 23.7 Å². The van der Waals surface area contributed by atoms with Crippen molar-refractivity contribution in [3.8, 4) is 5.75 Å². The van der Waals surface area contributed by atoms with Gasteiger partial charge in [0.1, 0.15) is 11.2 Å². The van der Waals surface area contributed by atoms with Crippen LogP contribution in [0, 0.1) is 11.3 Å². The molecule has 2 bridgehead atoms. The molecule has 1 saturated carbocycles. The maximum Gasteiger partial charge on any atom is 0.344 e. The van der Waals surface area contributed by atoms with E-state index in [2.05, 4.69) is 20.9 Å². The quantitative estimate of drug-likeness (QED) is 0.112. The van der Waals surface area contributed by atoms with Crippen LogP contribution in [0.15, 0.2) is 48.6 Å². The number of nitrogens with zero attached hydrogens (tertiary/aromatic N) is 3. The molecule has 1 unspecified atom stereocenters. The van der Waals surface area contributed by atoms with Gasteiger partial charge < -0.3 is 43.8 Å². The van der Waals surface area contributed by atoms with Gasteiger partial charge in [0.25, 0.3) is 0 Å². The predicted octanol–water partition coefficient (Wildman–Crippen LogP) is 4.57. The number of rotatable bonds is 10. The summed E-state index contributed by atoms with van der Waals surface area (Å²) in [5, 5.41) is 26.4. The highest BCUT2D eigenvalue weighted by Crippen LogP contribution is 2.68. The molecule has 1 aromatic heterocycles. The van der Waals surface area contributed by atoms with Gasteiger partial charge >= 0.3 is 23.9 Å². The maximum absolute atomic E-state index is 15.6. The fraction of sp³-hybridized carbons (Fsp3) is 0.569. The third-order valence-electron chi connectivity index (χ3n) is 16.4. The normalized spacial score (nSPS) is 34.3. The lowest BCUT2D eigenvalue weighted by molar-refractivity contribution is -0.228. The van der Waals surface area contributed by atoms with Gasteiger partial charge in [-0.3, -0.25) is 19.4 Å². The molecule has 66 heavy (non-hydrogen) atoms. The summed E-state index contributed by atoms with van der Waals surface area (Å²) >= 11 is 0. The van der Waals surface area contributed by atoms with Gasteiger partial charge in [0.05, 0.1) is 39.6 Å². The van der Waals surface area contributed by atoms with E-state index in [-0.39, 0.29) is 25.0 Å². The summed E-state index contributed by atoms with van der Waals surface area (Å²) in [6.45, 7) is 10.3. The lowest BCUT2D eigenvalue weighted by Crippen LogP contribution is -2.81. The van der Waals surface area contributed by atoms with Gasteiger partial charge in [0, 0.05) is 97.0 Å². The minimum Gasteiger partial charge on any atom is -0.496 e. The Labute approximate surface area is 386 Å². The van der Waals surface area contributed by atoms with Gasteiger partial charge in [-0.2, -0.15) is 0 Å². The zero-order valence-electron chi connectivity index (χ0n) is 39.4. The van der Waals surface area contributed by atoms with Crippen molar-refractivity contribution in [2.24, 2.45) is 11.3 Å². The standard InChI is InChI=1S/C51H64N4O11/c1-9-47(60)26-32-27-50(45(58)63-7,41-33(17-21-54(28-32)29-47)34-23-31(13-15-37(34)52-41)14-16-40(57)65-11-3)36-24-35-38(25-39(36)62-6)53(5)43-49(35)19-22-55-20-12-18-48(10-2,42(49)55)44(66-30(4)56)51(43,61)46(59)64-8/h12-16,18,23-25,32,42-44,52,60-61H,9-11,17,19-22,26-29H2,1-8H3/b16-14+/t32-,42+,43-,44-,47+,48-,49-,50+,51+/m1/s1. The third-order valence-corrected chi connectivity index (χ3v) is 16.4. The number of H-pyrrole nitrogens is 1. The summed E-state index contributed by atoms with van der Waals surface area (Å²) in [6, 6.07) is 8.56. The number of carbonyl (C=O) groups excluding carboxylic acids is 4. The summed E-state index contributed by atoms with van der Waals surface area (Å²) < 4.78 is 29.2. The zero-order valence-corrected chi connectivity index (χ0v) is 39.4. The number of aromatic amines is 1. The van der Waals surface area contributed by atoms with Gasteiger partial charge in [0.15, 0.2) is 6.10 Å². The van der Waals surface area contributed by atoms with E-state index in [1.54, 1.807) is 20.1 Å². The van der Waals surface area contributed by atoms with E-state index in [0.29, 0.717) is 87.5 Å². The molecule has 0 radical (unpaired) electrons. The second kappa shape index (κ2) is 16.5. The van der Waals surface area contributed by atoms with Crippen LogP contribution in [0.1, 0.15) is 87.7 Å². The summed E-state index contributed by atoms with van der Waals surface area (Å²) in [4.78, 5) is 65.9. The van der Waals surface area contributed by atoms with Crippen molar-refractivity contribution in [3.63, 3.8) is 0 Å². The molecule has 9 rings (SSSR count). The number of esters is 4. The molecule has 6 heterocycles. The summed E-state index contributed by atoms with van der Waals surface area (Å²) in [7, 11) is 6.06. The van der Waals surface area contributed by atoms with Crippen LogP contribution in [0.5, 0.6) is 5.75 Å². The molecule has 6 aliphatic rings. The molecule has 354 valence electrons. The summed E-state index contributed by atoms with van der Waals surface area (Å²) in [5.41, 5.74) is -1.63. The van der Waals surface area contributed by atoms with Crippen molar-refractivity contribution in [1.29, 1.82) is 0 Å². The Bertz CT molecular complexity index is 2540. The highest BCUT2D eigenvalue weighted by Gasteiger charge is 2.80. The molecule has 10 atom stereocenters. The Balaban J connectivity index is 1.34. The Morgan fingerprint density at radius 2 is 1.71 bits per heavy atom. The Morgan fingerprint density at radius 3 is 2.39 bits per heavy atom. The summed E-state index contributed by atoms with van der Waals surface area (Å²) in [5.74, 6) is -2.24. The van der Waals surface area contributed by atoms with Gasteiger partial charge in [-0.15, -0.1) is 0 Å². The molecule has 2 saturated heterocycles. The van der Waals surface area contributed by atoms with Crippen LogP contribution in [0.25, 0.3) is 17.0 Å². The topological polar surface area (TPSA) is 180 Å². The third kappa shape index (κ3) is 6.42. The Kier molecular flexibility index (Phi) is 11.5. The van der Waals surface area contributed by atoms with Gasteiger partial charge in [-0.1, -0.05) is 32.1 Å². The number of aromatic nitrogens is 1. The van der Waals surface area contributed by atoms with E-state index in [1.807, 2.05) is 62.2 Å². The molecule has 0 amide bonds. The average Bonchev–Trinajstić information content (AvgIpc) is 3.97. The van der Waals surface area contributed by atoms with E-state index in [9.17, 15) is 24.6 Å². The van der Waals surface area contributed by atoms with Crippen molar-refractivity contribution in [3.05, 3.63) is 76.5 Å². The predicted molar refractivity (Wildman–Crippen MR) is 246 cm³/mol. The second-order valence-corrected chi connectivity index (χ2v) is 19.5. The molecule has 3 aromatic rings. The molecule has 1 aliphatic carbocycles. The number of hydrogen-bond donors (Lipinski definition) is 3. The van der Waals surface area contributed by atoms with Crippen molar-refractivity contribution >= 4 is 46.5 Å². The number of likely N-dealkylation sites (N-methyl/N-ethyl adjacent to an activating group) is 1. The lowest BCUT2D eigenvalue weighted by atomic mass is 9.47. The van der Waals surface area contributed by atoms with E-state index >= 15 is 4.79 Å². The maximum atomic E-state index is 15.6. The number of piperidine rings is 1. The number of methoxy groups -OCH3 is 3. The average molecular weight is 909 g/mol. The number of ether oxygens (including phenoxy) is 5. The SMILES string of the molecule is CCOC(=O)/C=C/c1ccc2[nH]c3c(c2c1)CCN1C[C@H](C[C@@](O)(CC)C1)C[C@]3(C(=O)OC)c1cc2c(cc1OC)N(C)[C@H]1[C@@](O)(C(=O)OC)[C@H](OC(C)=O)[C@]3(CC)C=CCN4CC[C@]21[C@@H]43. The number of carbonyl (C=O) groups is 4. The van der Waals surface area contributed by atoms with Crippen LogP contribution in [0.2, 0.25) is 0 Å². The minimum atomic E-state index is -2.34. The summed E-state index contributed by atoms with van der Waals surface area (Å²) in [6.07, 6.45) is 8.65. The first-order valence-corrected chi connectivity index (χ1v) is 23.4. The van der Waals surface area contributed by atoms with Crippen molar-refractivity contribution in [2.45, 2.75) is 106 Å². The first-order chi connectivity index (χ1) is 31.5. The van der Waals surface area contributed by atoms with E-state index < -0.39 is 63.5 Å². The Hall–Kier alpha value is -5.22. The smallest absolute Gasteiger partial charge is 0.344 e. The lowest BCUT2D eigenvalue weighted by Gasteiger charge is -2.63. The number of hydrogen-bond acceptors (Lipinski definition) is 14. The largest absolute Gasteiger partial charge is 0.496 e. The van der Waals surface area contributed by atoms with Crippen LogP contribution in [-0.4, -0.2) is 146 Å². The van der Waals surface area contributed by atoms with E-state index in [1.165, 1.54) is 27.2 Å². The van der Waals surface area contributed by atoms with Crippen LogP contribution in [0.3, 0.4) is 0 Å². The van der Waals surface area contributed by atoms with Crippen LogP contribution in [-0.2, 0) is 55.4 Å². The fourth-order valence-electron chi connectivity index (χ4n) is 14.0. The molecule has 3 fully saturated rings. The van der Waals surface area contributed by atoms with E-state index in [0.717, 1.165) is 27.6 Å². The molecule has 15 nitrogen and oxygen atoms in total. The number of benzene rings is 2. The van der Waals surface area contributed by atoms with Crippen molar-refractivity contribution in [1.82, 2.24) is 14.8 Å². The number of nitrogens with one attached hydrogen (secondary N) is 1. The van der Waals surface area contributed by atoms with Crippen LogP contribution in [0.4, 0.5) is 5.69 Å². The molecular weight excluding hydrogens is 845 g/mol. The highest BCUT2D eigenvalue weighted by molar-refractivity contribution is 5.96. The van der Waals surface area contributed by atoms with Crippen LogP contribution < -0.4 is 9.64 Å². The molecular formula is C51H64N4O11. The molecule has 15 heteroatoms.